The zero-order valence-electron chi connectivity index (χ0n) is 16.5. The van der Waals surface area contributed by atoms with Gasteiger partial charge in [-0.3, -0.25) is 5.10 Å². The summed E-state index contributed by atoms with van der Waals surface area (Å²) in [5.74, 6) is 2.33. The van der Waals surface area contributed by atoms with Gasteiger partial charge in [-0.15, -0.1) is 0 Å². The van der Waals surface area contributed by atoms with E-state index in [0.717, 1.165) is 39.4 Å². The van der Waals surface area contributed by atoms with Gasteiger partial charge in [-0.1, -0.05) is 12.1 Å². The number of nitrogens with zero attached hydrogens (tertiary/aromatic N) is 1. The number of benzene rings is 2. The third-order valence-corrected chi connectivity index (χ3v) is 4.53. The SMILES string of the molecule is COc1cccc(OCCNC[C@H](O)COc2cccc3n[nH]c(C)c23)c1C. The predicted molar refractivity (Wildman–Crippen MR) is 108 cm³/mol. The maximum Gasteiger partial charge on any atom is 0.130 e. The zero-order chi connectivity index (χ0) is 19.9. The molecule has 3 N–H and O–H groups in total. The van der Waals surface area contributed by atoms with E-state index in [2.05, 4.69) is 15.5 Å². The Balaban J connectivity index is 1.39. The lowest BCUT2D eigenvalue weighted by molar-refractivity contribution is 0.106. The smallest absolute Gasteiger partial charge is 0.130 e. The quantitative estimate of drug-likeness (QED) is 0.465. The molecule has 3 aromatic rings. The molecule has 0 aliphatic carbocycles. The van der Waals surface area contributed by atoms with E-state index >= 15 is 0 Å². The Kier molecular flexibility index (Phi) is 6.73. The van der Waals surface area contributed by atoms with Crippen LogP contribution < -0.4 is 19.5 Å². The van der Waals surface area contributed by atoms with Crippen LogP contribution in [0.1, 0.15) is 11.3 Å². The number of H-pyrrole nitrogens is 1. The molecule has 7 heteroatoms. The van der Waals surface area contributed by atoms with Gasteiger partial charge in [0.15, 0.2) is 0 Å². The molecule has 0 saturated carbocycles. The Bertz CT molecular complexity index is 910. The van der Waals surface area contributed by atoms with Crippen LogP contribution in [0.4, 0.5) is 0 Å². The number of aliphatic hydroxyl groups is 1. The topological polar surface area (TPSA) is 88.6 Å². The second-order valence-electron chi connectivity index (χ2n) is 6.60. The first-order chi connectivity index (χ1) is 13.6. The minimum Gasteiger partial charge on any atom is -0.496 e. The largest absolute Gasteiger partial charge is 0.496 e. The highest BCUT2D eigenvalue weighted by atomic mass is 16.5. The van der Waals surface area contributed by atoms with Gasteiger partial charge in [0.1, 0.15) is 36.6 Å². The normalized spacial score (nSPS) is 12.1. The van der Waals surface area contributed by atoms with E-state index in [1.165, 1.54) is 0 Å². The maximum absolute atomic E-state index is 10.2. The van der Waals surface area contributed by atoms with Crippen LogP contribution in [0.3, 0.4) is 0 Å². The van der Waals surface area contributed by atoms with Crippen molar-refractivity contribution >= 4 is 10.9 Å². The number of methoxy groups -OCH3 is 1. The van der Waals surface area contributed by atoms with Crippen LogP contribution in [-0.2, 0) is 0 Å². The fourth-order valence-corrected chi connectivity index (χ4v) is 3.03. The van der Waals surface area contributed by atoms with E-state index in [4.69, 9.17) is 14.2 Å². The number of hydrogen-bond donors (Lipinski definition) is 3. The van der Waals surface area contributed by atoms with E-state index in [-0.39, 0.29) is 6.61 Å². The second-order valence-corrected chi connectivity index (χ2v) is 6.60. The lowest BCUT2D eigenvalue weighted by Crippen LogP contribution is -2.33. The molecule has 28 heavy (non-hydrogen) atoms. The molecule has 0 aliphatic heterocycles. The number of rotatable bonds is 10. The van der Waals surface area contributed by atoms with Crippen LogP contribution in [0.25, 0.3) is 10.9 Å². The lowest BCUT2D eigenvalue weighted by Gasteiger charge is -2.15. The number of aryl methyl sites for hydroxylation is 1. The van der Waals surface area contributed by atoms with Gasteiger partial charge in [-0.2, -0.15) is 5.10 Å². The Hall–Kier alpha value is -2.77. The van der Waals surface area contributed by atoms with Crippen molar-refractivity contribution in [2.24, 2.45) is 0 Å². The summed E-state index contributed by atoms with van der Waals surface area (Å²) in [5.41, 5.74) is 2.78. The van der Waals surface area contributed by atoms with E-state index in [1.54, 1.807) is 7.11 Å². The van der Waals surface area contributed by atoms with Crippen LogP contribution >= 0.6 is 0 Å². The maximum atomic E-state index is 10.2. The van der Waals surface area contributed by atoms with Crippen LogP contribution in [0.2, 0.25) is 0 Å². The highest BCUT2D eigenvalue weighted by Crippen LogP contribution is 2.27. The number of ether oxygens (including phenoxy) is 3. The fourth-order valence-electron chi connectivity index (χ4n) is 3.03. The average Bonchev–Trinajstić information content (AvgIpc) is 3.09. The molecule has 0 saturated heterocycles. The van der Waals surface area contributed by atoms with Gasteiger partial charge in [0.25, 0.3) is 0 Å². The van der Waals surface area contributed by atoms with Crippen molar-refractivity contribution in [2.45, 2.75) is 20.0 Å². The highest BCUT2D eigenvalue weighted by molar-refractivity contribution is 5.87. The summed E-state index contributed by atoms with van der Waals surface area (Å²) in [5, 5.41) is 21.5. The molecule has 0 unspecified atom stereocenters. The minimum absolute atomic E-state index is 0.201. The first-order valence-corrected chi connectivity index (χ1v) is 9.32. The van der Waals surface area contributed by atoms with E-state index in [0.29, 0.717) is 19.7 Å². The number of aromatic amines is 1. The molecule has 150 valence electrons. The summed E-state index contributed by atoms with van der Waals surface area (Å²) >= 11 is 0. The molecule has 3 rings (SSSR count). The molecule has 0 amide bonds. The van der Waals surface area contributed by atoms with Gasteiger partial charge in [0, 0.05) is 24.3 Å². The third kappa shape index (κ3) is 4.74. The van der Waals surface area contributed by atoms with Gasteiger partial charge < -0.3 is 24.6 Å². The summed E-state index contributed by atoms with van der Waals surface area (Å²) in [4.78, 5) is 0. The molecule has 1 heterocycles. The fraction of sp³-hybridized carbons (Fsp3) is 0.381. The van der Waals surface area contributed by atoms with Crippen molar-refractivity contribution in [1.29, 1.82) is 0 Å². The molecule has 2 aromatic carbocycles. The molecule has 1 aromatic heterocycles. The monoisotopic (exact) mass is 385 g/mol. The van der Waals surface area contributed by atoms with E-state index in [9.17, 15) is 5.11 Å². The van der Waals surface area contributed by atoms with Crippen molar-refractivity contribution in [3.63, 3.8) is 0 Å². The number of aliphatic hydroxyl groups excluding tert-OH is 1. The molecular weight excluding hydrogens is 358 g/mol. The number of aromatic nitrogens is 2. The standard InChI is InChI=1S/C21H27N3O4/c1-14-18(26-3)7-5-8-19(14)27-11-10-22-12-16(25)13-28-20-9-4-6-17-21(20)15(2)23-24-17/h4-9,16,22,25H,10-13H2,1-3H3,(H,23,24)/t16-/m0/s1. The lowest BCUT2D eigenvalue weighted by atomic mass is 10.2. The average molecular weight is 385 g/mol. The van der Waals surface area contributed by atoms with Gasteiger partial charge in [-0.25, -0.2) is 0 Å². The summed E-state index contributed by atoms with van der Waals surface area (Å²) < 4.78 is 16.9. The molecular formula is C21H27N3O4. The summed E-state index contributed by atoms with van der Waals surface area (Å²) in [6.07, 6.45) is -0.624. The van der Waals surface area contributed by atoms with Crippen molar-refractivity contribution < 1.29 is 19.3 Å². The Labute approximate surface area is 164 Å². The van der Waals surface area contributed by atoms with Crippen LogP contribution in [-0.4, -0.2) is 54.8 Å². The Morgan fingerprint density at radius 3 is 2.64 bits per heavy atom. The zero-order valence-corrected chi connectivity index (χ0v) is 16.5. The molecule has 0 aliphatic rings. The molecule has 0 radical (unpaired) electrons. The number of fused-ring (bicyclic) bond motifs is 1. The summed E-state index contributed by atoms with van der Waals surface area (Å²) in [6.45, 7) is 5.64. The van der Waals surface area contributed by atoms with Crippen LogP contribution in [0, 0.1) is 13.8 Å². The second kappa shape index (κ2) is 9.43. The molecule has 0 bridgehead atoms. The first kappa shape index (κ1) is 20.0. The number of hydrogen-bond acceptors (Lipinski definition) is 6. The Morgan fingerprint density at radius 2 is 1.82 bits per heavy atom. The molecule has 0 spiro atoms. The van der Waals surface area contributed by atoms with Gasteiger partial charge in [-0.05, 0) is 38.1 Å². The Morgan fingerprint density at radius 1 is 1.07 bits per heavy atom. The molecule has 7 nitrogen and oxygen atoms in total. The number of nitrogens with one attached hydrogen (secondary N) is 2. The van der Waals surface area contributed by atoms with Crippen molar-refractivity contribution in [1.82, 2.24) is 15.5 Å². The highest BCUT2D eigenvalue weighted by Gasteiger charge is 2.11. The van der Waals surface area contributed by atoms with Crippen molar-refractivity contribution in [2.75, 3.05) is 33.4 Å². The van der Waals surface area contributed by atoms with Crippen LogP contribution in [0.15, 0.2) is 36.4 Å². The van der Waals surface area contributed by atoms with Gasteiger partial charge in [0.2, 0.25) is 0 Å². The predicted octanol–water partition coefficient (Wildman–Crippen LogP) is 2.60. The minimum atomic E-state index is -0.624. The van der Waals surface area contributed by atoms with E-state index < -0.39 is 6.10 Å². The summed E-state index contributed by atoms with van der Waals surface area (Å²) in [6, 6.07) is 11.4. The van der Waals surface area contributed by atoms with Gasteiger partial charge in [0.05, 0.1) is 18.0 Å². The van der Waals surface area contributed by atoms with Gasteiger partial charge >= 0.3 is 0 Å². The molecule has 1 atom stereocenters. The molecule has 0 fully saturated rings. The third-order valence-electron chi connectivity index (χ3n) is 4.53. The summed E-state index contributed by atoms with van der Waals surface area (Å²) in [7, 11) is 1.64. The first-order valence-electron chi connectivity index (χ1n) is 9.32. The van der Waals surface area contributed by atoms with Crippen molar-refractivity contribution in [3.05, 3.63) is 47.7 Å². The van der Waals surface area contributed by atoms with Crippen LogP contribution in [0.5, 0.6) is 17.2 Å². The van der Waals surface area contributed by atoms with E-state index in [1.807, 2.05) is 50.2 Å². The van der Waals surface area contributed by atoms with Crippen molar-refractivity contribution in [3.8, 4) is 17.2 Å².